The third-order valence-electron chi connectivity index (χ3n) is 4.29. The first-order valence-corrected chi connectivity index (χ1v) is 8.21. The van der Waals surface area contributed by atoms with Crippen LogP contribution in [0.15, 0.2) is 36.0 Å². The second-order valence-corrected chi connectivity index (χ2v) is 5.95. The molecule has 2 heterocycles. The van der Waals surface area contributed by atoms with E-state index in [-0.39, 0.29) is 12.7 Å². The van der Waals surface area contributed by atoms with E-state index in [1.54, 1.807) is 6.20 Å². The van der Waals surface area contributed by atoms with Gasteiger partial charge in [0.15, 0.2) is 11.5 Å². The van der Waals surface area contributed by atoms with Crippen molar-refractivity contribution in [3.63, 3.8) is 0 Å². The molecule has 6 heteroatoms. The van der Waals surface area contributed by atoms with Gasteiger partial charge in [0.05, 0.1) is 0 Å². The highest BCUT2D eigenvalue weighted by Crippen LogP contribution is 2.35. The van der Waals surface area contributed by atoms with Gasteiger partial charge in [0.1, 0.15) is 5.82 Å². The predicted molar refractivity (Wildman–Crippen MR) is 88.8 cm³/mol. The number of amides is 1. The fourth-order valence-electron chi connectivity index (χ4n) is 2.98. The summed E-state index contributed by atoms with van der Waals surface area (Å²) in [6, 6.07) is 5.75. The van der Waals surface area contributed by atoms with Gasteiger partial charge in [-0.05, 0) is 37.5 Å². The van der Waals surface area contributed by atoms with Crippen molar-refractivity contribution in [2.45, 2.75) is 25.7 Å². The highest BCUT2D eigenvalue weighted by atomic mass is 16.7. The Morgan fingerprint density at radius 2 is 2.21 bits per heavy atom. The van der Waals surface area contributed by atoms with Gasteiger partial charge in [0, 0.05) is 36.0 Å². The molecule has 0 fully saturated rings. The monoisotopic (exact) mass is 325 g/mol. The number of aromatic nitrogens is 2. The molecular formula is C18H19N3O3. The van der Waals surface area contributed by atoms with Crippen molar-refractivity contribution >= 4 is 5.91 Å². The maximum Gasteiger partial charge on any atom is 0.246 e. The lowest BCUT2D eigenvalue weighted by molar-refractivity contribution is -0.117. The Bertz CT molecular complexity index is 795. The molecule has 0 saturated carbocycles. The van der Waals surface area contributed by atoms with Gasteiger partial charge >= 0.3 is 0 Å². The minimum Gasteiger partial charge on any atom is -0.454 e. The number of carbonyl (C=O) groups is 1. The van der Waals surface area contributed by atoms with E-state index in [1.165, 1.54) is 0 Å². The molecular weight excluding hydrogens is 306 g/mol. The summed E-state index contributed by atoms with van der Waals surface area (Å²) in [5.74, 6) is 2.34. The number of hydrogen-bond donors (Lipinski definition) is 2. The average molecular weight is 325 g/mol. The Balaban J connectivity index is 1.35. The number of benzene rings is 1. The van der Waals surface area contributed by atoms with Crippen LogP contribution in [0.3, 0.4) is 0 Å². The number of nitrogens with zero attached hydrogens (tertiary/aromatic N) is 1. The third kappa shape index (κ3) is 2.99. The molecule has 1 amide bonds. The van der Waals surface area contributed by atoms with E-state index in [1.807, 2.05) is 24.3 Å². The van der Waals surface area contributed by atoms with Crippen LogP contribution in [0.1, 0.15) is 25.0 Å². The average Bonchev–Trinajstić information content (AvgIpc) is 3.34. The van der Waals surface area contributed by atoms with Gasteiger partial charge in [-0.1, -0.05) is 6.08 Å². The fraction of sp³-hybridized carbons (Fsp3) is 0.333. The SMILES string of the molecule is O=C(NCCc1cnc(-c2ccc3c(c2)OCO3)[nH]1)C1=CCCC1. The summed E-state index contributed by atoms with van der Waals surface area (Å²) >= 11 is 0. The molecule has 4 rings (SSSR count). The lowest BCUT2D eigenvalue weighted by Gasteiger charge is -2.04. The zero-order chi connectivity index (χ0) is 16.4. The van der Waals surface area contributed by atoms with Crippen molar-refractivity contribution < 1.29 is 14.3 Å². The van der Waals surface area contributed by atoms with Crippen molar-refractivity contribution in [3.05, 3.63) is 41.7 Å². The van der Waals surface area contributed by atoms with Crippen LogP contribution in [-0.2, 0) is 11.2 Å². The Morgan fingerprint density at radius 1 is 1.29 bits per heavy atom. The number of fused-ring (bicyclic) bond motifs is 1. The van der Waals surface area contributed by atoms with Crippen molar-refractivity contribution in [3.8, 4) is 22.9 Å². The Morgan fingerprint density at radius 3 is 3.08 bits per heavy atom. The van der Waals surface area contributed by atoms with Gasteiger partial charge in [-0.3, -0.25) is 4.79 Å². The van der Waals surface area contributed by atoms with Crippen molar-refractivity contribution in [1.29, 1.82) is 0 Å². The largest absolute Gasteiger partial charge is 0.454 e. The highest BCUT2D eigenvalue weighted by molar-refractivity contribution is 5.93. The Labute approximate surface area is 139 Å². The molecule has 6 nitrogen and oxygen atoms in total. The molecule has 0 bridgehead atoms. The molecule has 0 spiro atoms. The van der Waals surface area contributed by atoms with Gasteiger partial charge in [0.25, 0.3) is 0 Å². The van der Waals surface area contributed by atoms with Gasteiger partial charge in [-0.25, -0.2) is 4.98 Å². The summed E-state index contributed by atoms with van der Waals surface area (Å²) in [6.07, 6.45) is 7.55. The van der Waals surface area contributed by atoms with Crippen LogP contribution >= 0.6 is 0 Å². The second kappa shape index (κ2) is 6.39. The topological polar surface area (TPSA) is 76.2 Å². The molecule has 0 radical (unpaired) electrons. The molecule has 1 aliphatic carbocycles. The van der Waals surface area contributed by atoms with Gasteiger partial charge < -0.3 is 19.8 Å². The van der Waals surface area contributed by atoms with Crippen LogP contribution in [0.25, 0.3) is 11.4 Å². The maximum absolute atomic E-state index is 11.9. The summed E-state index contributed by atoms with van der Waals surface area (Å²) < 4.78 is 10.7. The number of hydrogen-bond acceptors (Lipinski definition) is 4. The summed E-state index contributed by atoms with van der Waals surface area (Å²) in [5.41, 5.74) is 2.86. The van der Waals surface area contributed by atoms with Crippen LogP contribution in [-0.4, -0.2) is 29.2 Å². The molecule has 0 atom stereocenters. The summed E-state index contributed by atoms with van der Waals surface area (Å²) in [7, 11) is 0. The standard InChI is InChI=1S/C18H19N3O3/c22-18(12-3-1-2-4-12)19-8-7-14-10-20-17(21-14)13-5-6-15-16(9-13)24-11-23-15/h3,5-6,9-10H,1-2,4,7-8,11H2,(H,19,22)(H,20,21). The van der Waals surface area contributed by atoms with Crippen molar-refractivity contribution in [2.24, 2.45) is 0 Å². The first kappa shape index (κ1) is 14.8. The van der Waals surface area contributed by atoms with Crippen LogP contribution in [0.5, 0.6) is 11.5 Å². The molecule has 1 aliphatic heterocycles. The maximum atomic E-state index is 11.9. The molecule has 0 unspecified atom stereocenters. The number of rotatable bonds is 5. The van der Waals surface area contributed by atoms with E-state index in [0.717, 1.165) is 59.8 Å². The molecule has 0 saturated heterocycles. The molecule has 2 N–H and O–H groups in total. The van der Waals surface area contributed by atoms with Gasteiger partial charge in [0.2, 0.25) is 12.7 Å². The van der Waals surface area contributed by atoms with Crippen LogP contribution in [0.4, 0.5) is 0 Å². The minimum absolute atomic E-state index is 0.0583. The second-order valence-electron chi connectivity index (χ2n) is 5.95. The number of H-pyrrole nitrogens is 1. The van der Waals surface area contributed by atoms with Crippen LogP contribution in [0, 0.1) is 0 Å². The van der Waals surface area contributed by atoms with Crippen molar-refractivity contribution in [1.82, 2.24) is 15.3 Å². The molecule has 1 aromatic carbocycles. The molecule has 1 aromatic heterocycles. The Kier molecular flexibility index (Phi) is 3.94. The quantitative estimate of drug-likeness (QED) is 0.886. The molecule has 24 heavy (non-hydrogen) atoms. The summed E-state index contributed by atoms with van der Waals surface area (Å²) in [6.45, 7) is 0.858. The van der Waals surface area contributed by atoms with Gasteiger partial charge in [-0.2, -0.15) is 0 Å². The summed E-state index contributed by atoms with van der Waals surface area (Å²) in [5, 5.41) is 2.96. The fourth-order valence-corrected chi connectivity index (χ4v) is 2.98. The predicted octanol–water partition coefficient (Wildman–Crippen LogP) is 2.57. The lowest BCUT2D eigenvalue weighted by atomic mass is 10.2. The molecule has 2 aromatic rings. The van der Waals surface area contributed by atoms with Crippen LogP contribution < -0.4 is 14.8 Å². The minimum atomic E-state index is 0.0583. The van der Waals surface area contributed by atoms with Gasteiger partial charge in [-0.15, -0.1) is 0 Å². The van der Waals surface area contributed by atoms with Crippen molar-refractivity contribution in [2.75, 3.05) is 13.3 Å². The Hall–Kier alpha value is -2.76. The molecule has 2 aliphatic rings. The lowest BCUT2D eigenvalue weighted by Crippen LogP contribution is -2.26. The van der Waals surface area contributed by atoms with E-state index in [0.29, 0.717) is 6.54 Å². The number of aromatic amines is 1. The normalized spacial score (nSPS) is 15.4. The van der Waals surface area contributed by atoms with E-state index < -0.39 is 0 Å². The third-order valence-corrected chi connectivity index (χ3v) is 4.29. The zero-order valence-corrected chi connectivity index (χ0v) is 13.3. The van der Waals surface area contributed by atoms with E-state index >= 15 is 0 Å². The van der Waals surface area contributed by atoms with Crippen LogP contribution in [0.2, 0.25) is 0 Å². The highest BCUT2D eigenvalue weighted by Gasteiger charge is 2.15. The molecule has 124 valence electrons. The van der Waals surface area contributed by atoms with E-state index in [4.69, 9.17) is 9.47 Å². The first-order chi connectivity index (χ1) is 11.8. The zero-order valence-electron chi connectivity index (χ0n) is 13.3. The number of carbonyl (C=O) groups excluding carboxylic acids is 1. The number of allylic oxidation sites excluding steroid dienone is 1. The number of ether oxygens (including phenoxy) is 2. The number of nitrogens with one attached hydrogen (secondary N) is 2. The van der Waals surface area contributed by atoms with E-state index in [2.05, 4.69) is 15.3 Å². The van der Waals surface area contributed by atoms with E-state index in [9.17, 15) is 4.79 Å². The first-order valence-electron chi connectivity index (χ1n) is 8.21. The smallest absolute Gasteiger partial charge is 0.246 e. The number of imidazole rings is 1. The summed E-state index contributed by atoms with van der Waals surface area (Å²) in [4.78, 5) is 19.6.